The normalized spacial score (nSPS) is 11.4. The van der Waals surface area contributed by atoms with Crippen LogP contribution in [-0.2, 0) is 16.9 Å². The van der Waals surface area contributed by atoms with Crippen molar-refractivity contribution in [3.63, 3.8) is 0 Å². The van der Waals surface area contributed by atoms with Crippen molar-refractivity contribution in [2.75, 3.05) is 11.6 Å². The molecule has 1 N–H and O–H groups in total. The number of carbonyl (C=O) groups is 1. The lowest BCUT2D eigenvalue weighted by molar-refractivity contribution is 0.102. The molecule has 8 heteroatoms. The summed E-state index contributed by atoms with van der Waals surface area (Å²) in [6, 6.07) is 14.9. The van der Waals surface area contributed by atoms with Gasteiger partial charge in [-0.15, -0.1) is 0 Å². The maximum atomic E-state index is 12.9. The quantitative estimate of drug-likeness (QED) is 0.745. The summed E-state index contributed by atoms with van der Waals surface area (Å²) in [5, 5.41) is 2.58. The van der Waals surface area contributed by atoms with E-state index in [9.17, 15) is 18.0 Å². The van der Waals surface area contributed by atoms with Gasteiger partial charge < -0.3 is 5.32 Å². The zero-order valence-corrected chi connectivity index (χ0v) is 15.9. The van der Waals surface area contributed by atoms with Gasteiger partial charge in [0.1, 0.15) is 5.69 Å². The van der Waals surface area contributed by atoms with Gasteiger partial charge in [-0.3, -0.25) is 14.3 Å². The van der Waals surface area contributed by atoms with Crippen molar-refractivity contribution in [1.82, 2.24) is 9.36 Å². The summed E-state index contributed by atoms with van der Waals surface area (Å²) < 4.78 is 26.9. The van der Waals surface area contributed by atoms with Crippen molar-refractivity contribution in [3.8, 4) is 5.69 Å². The standard InChI is InChI=1S/C19H19N3O4S/c1-13-17(19(24)22(21(13)2)14-9-5-4-6-10-14)20-18(23)15-11-7-8-12-16(15)27(3,25)26/h4-12H,1-3H3,(H,20,23). The minimum atomic E-state index is -3.59. The van der Waals surface area contributed by atoms with Gasteiger partial charge in [0, 0.05) is 13.3 Å². The number of carbonyl (C=O) groups excluding carboxylic acids is 1. The molecule has 1 heterocycles. The summed E-state index contributed by atoms with van der Waals surface area (Å²) in [5.74, 6) is -0.651. The Kier molecular flexibility index (Phi) is 4.75. The summed E-state index contributed by atoms with van der Waals surface area (Å²) in [6.07, 6.45) is 1.04. The van der Waals surface area contributed by atoms with Crippen LogP contribution in [0.15, 0.2) is 64.3 Å². The third-order valence-electron chi connectivity index (χ3n) is 4.32. The van der Waals surface area contributed by atoms with Crippen LogP contribution in [0.1, 0.15) is 16.1 Å². The molecule has 0 radical (unpaired) electrons. The van der Waals surface area contributed by atoms with Crippen LogP contribution in [0.25, 0.3) is 5.69 Å². The number of hydrogen-bond acceptors (Lipinski definition) is 4. The van der Waals surface area contributed by atoms with Crippen molar-refractivity contribution in [3.05, 3.63) is 76.2 Å². The van der Waals surface area contributed by atoms with Gasteiger partial charge in [-0.05, 0) is 31.2 Å². The first-order chi connectivity index (χ1) is 12.7. The highest BCUT2D eigenvalue weighted by Crippen LogP contribution is 2.19. The number of nitrogens with one attached hydrogen (secondary N) is 1. The molecule has 1 amide bonds. The lowest BCUT2D eigenvalue weighted by Crippen LogP contribution is -2.23. The zero-order chi connectivity index (χ0) is 19.8. The van der Waals surface area contributed by atoms with Gasteiger partial charge in [0.05, 0.1) is 21.8 Å². The van der Waals surface area contributed by atoms with E-state index in [2.05, 4.69) is 5.32 Å². The van der Waals surface area contributed by atoms with Crippen molar-refractivity contribution in [2.24, 2.45) is 7.05 Å². The maximum absolute atomic E-state index is 12.9. The van der Waals surface area contributed by atoms with Gasteiger partial charge in [0.15, 0.2) is 9.84 Å². The van der Waals surface area contributed by atoms with E-state index in [0.29, 0.717) is 11.4 Å². The average molecular weight is 385 g/mol. The van der Waals surface area contributed by atoms with Crippen LogP contribution in [0.2, 0.25) is 0 Å². The minimum absolute atomic E-state index is 0.00564. The van der Waals surface area contributed by atoms with Crippen LogP contribution in [0.4, 0.5) is 5.69 Å². The smallest absolute Gasteiger partial charge is 0.295 e. The lowest BCUT2D eigenvalue weighted by Gasteiger charge is -2.08. The van der Waals surface area contributed by atoms with E-state index >= 15 is 0 Å². The van der Waals surface area contributed by atoms with Crippen molar-refractivity contribution in [1.29, 1.82) is 0 Å². The Morgan fingerprint density at radius 3 is 2.22 bits per heavy atom. The van der Waals surface area contributed by atoms with E-state index in [0.717, 1.165) is 6.26 Å². The SMILES string of the molecule is Cc1c(NC(=O)c2ccccc2S(C)(=O)=O)c(=O)n(-c2ccccc2)n1C. The second-order valence-electron chi connectivity index (χ2n) is 6.16. The molecule has 3 rings (SSSR count). The Morgan fingerprint density at radius 2 is 1.59 bits per heavy atom. The fraction of sp³-hybridized carbons (Fsp3) is 0.158. The highest BCUT2D eigenvalue weighted by atomic mass is 32.2. The van der Waals surface area contributed by atoms with Gasteiger partial charge in [0.2, 0.25) is 0 Å². The van der Waals surface area contributed by atoms with Gasteiger partial charge >= 0.3 is 0 Å². The molecule has 27 heavy (non-hydrogen) atoms. The minimum Gasteiger partial charge on any atom is -0.316 e. The van der Waals surface area contributed by atoms with E-state index in [1.807, 2.05) is 18.2 Å². The number of benzene rings is 2. The molecule has 0 saturated carbocycles. The Balaban J connectivity index is 2.06. The van der Waals surface area contributed by atoms with Gasteiger partial charge in [0.25, 0.3) is 11.5 Å². The number of nitrogens with zero attached hydrogens (tertiary/aromatic N) is 2. The maximum Gasteiger partial charge on any atom is 0.295 e. The van der Waals surface area contributed by atoms with Crippen LogP contribution in [0.3, 0.4) is 0 Å². The number of rotatable bonds is 4. The fourth-order valence-corrected chi connectivity index (χ4v) is 3.76. The molecule has 0 fully saturated rings. The lowest BCUT2D eigenvalue weighted by atomic mass is 10.2. The van der Waals surface area contributed by atoms with E-state index in [4.69, 9.17) is 0 Å². The summed E-state index contributed by atoms with van der Waals surface area (Å²) >= 11 is 0. The first-order valence-electron chi connectivity index (χ1n) is 8.16. The second-order valence-corrected chi connectivity index (χ2v) is 8.14. The van der Waals surface area contributed by atoms with E-state index in [1.165, 1.54) is 16.8 Å². The molecular formula is C19H19N3O4S. The predicted molar refractivity (Wildman–Crippen MR) is 103 cm³/mol. The number of hydrogen-bond donors (Lipinski definition) is 1. The van der Waals surface area contributed by atoms with Crippen LogP contribution < -0.4 is 10.9 Å². The van der Waals surface area contributed by atoms with Gasteiger partial charge in [-0.2, -0.15) is 0 Å². The van der Waals surface area contributed by atoms with Gasteiger partial charge in [-0.25, -0.2) is 13.1 Å². The van der Waals surface area contributed by atoms with Crippen molar-refractivity contribution >= 4 is 21.4 Å². The van der Waals surface area contributed by atoms with Crippen LogP contribution in [0.5, 0.6) is 0 Å². The number of aromatic nitrogens is 2. The highest BCUT2D eigenvalue weighted by molar-refractivity contribution is 7.90. The molecule has 0 spiro atoms. The summed E-state index contributed by atoms with van der Waals surface area (Å²) in [4.78, 5) is 25.5. The Morgan fingerprint density at radius 1 is 1.00 bits per heavy atom. The molecular weight excluding hydrogens is 366 g/mol. The monoisotopic (exact) mass is 385 g/mol. The molecule has 3 aromatic rings. The molecule has 2 aromatic carbocycles. The zero-order valence-electron chi connectivity index (χ0n) is 15.1. The first-order valence-corrected chi connectivity index (χ1v) is 10.1. The van der Waals surface area contributed by atoms with Crippen molar-refractivity contribution < 1.29 is 13.2 Å². The second kappa shape index (κ2) is 6.88. The Bertz CT molecular complexity index is 1180. The topological polar surface area (TPSA) is 90.2 Å². The molecule has 0 saturated heterocycles. The van der Waals surface area contributed by atoms with E-state index in [-0.39, 0.29) is 16.1 Å². The summed E-state index contributed by atoms with van der Waals surface area (Å²) in [6.45, 7) is 1.71. The summed E-state index contributed by atoms with van der Waals surface area (Å²) in [7, 11) is -1.87. The first kappa shape index (κ1) is 18.7. The fourth-order valence-electron chi connectivity index (χ4n) is 2.87. The molecule has 7 nitrogen and oxygen atoms in total. The highest BCUT2D eigenvalue weighted by Gasteiger charge is 2.22. The molecule has 1 aromatic heterocycles. The third-order valence-corrected chi connectivity index (χ3v) is 5.48. The van der Waals surface area contributed by atoms with Crippen LogP contribution in [-0.4, -0.2) is 29.9 Å². The number of anilines is 1. The molecule has 0 bridgehead atoms. The molecule has 0 aliphatic heterocycles. The number of sulfone groups is 1. The number of amides is 1. The molecule has 0 aliphatic rings. The Labute approximate surface area is 156 Å². The molecule has 0 aliphatic carbocycles. The largest absolute Gasteiger partial charge is 0.316 e. The van der Waals surface area contributed by atoms with Crippen LogP contribution >= 0.6 is 0 Å². The third kappa shape index (κ3) is 3.43. The average Bonchev–Trinajstić information content (AvgIpc) is 2.85. The predicted octanol–water partition coefficient (Wildman–Crippen LogP) is 2.14. The molecule has 0 unspecified atom stereocenters. The van der Waals surface area contributed by atoms with Crippen molar-refractivity contribution in [2.45, 2.75) is 11.8 Å². The van der Waals surface area contributed by atoms with E-state index in [1.54, 1.807) is 42.9 Å². The Hall–Kier alpha value is -3.13. The van der Waals surface area contributed by atoms with Crippen LogP contribution in [0, 0.1) is 6.92 Å². The molecule has 140 valence electrons. The van der Waals surface area contributed by atoms with E-state index < -0.39 is 21.3 Å². The molecule has 0 atom stereocenters. The van der Waals surface area contributed by atoms with Gasteiger partial charge in [-0.1, -0.05) is 30.3 Å². The number of para-hydroxylation sites is 1. The summed E-state index contributed by atoms with van der Waals surface area (Å²) in [5.41, 5.74) is 0.911.